The number of hydrogen-bond donors (Lipinski definition) is 1. The molecular formula is C20H22ClNO6S. The van der Waals surface area contributed by atoms with Crippen molar-refractivity contribution in [3.05, 3.63) is 52.5 Å². The van der Waals surface area contributed by atoms with Crippen LogP contribution in [0, 0.1) is 0 Å². The molecule has 1 atom stereocenters. The van der Waals surface area contributed by atoms with E-state index in [1.165, 1.54) is 25.3 Å². The third-order valence-electron chi connectivity index (χ3n) is 4.63. The number of rotatable bonds is 5. The molecule has 0 bridgehead atoms. The van der Waals surface area contributed by atoms with Gasteiger partial charge >= 0.3 is 5.97 Å². The van der Waals surface area contributed by atoms with Crippen LogP contribution in [0.3, 0.4) is 0 Å². The van der Waals surface area contributed by atoms with Crippen LogP contribution < -0.4 is 14.2 Å². The lowest BCUT2D eigenvalue weighted by molar-refractivity contribution is 0.0600. The molecular weight excluding hydrogens is 418 g/mol. The summed E-state index contributed by atoms with van der Waals surface area (Å²) in [6.07, 6.45) is 0.420. The van der Waals surface area contributed by atoms with Crippen molar-refractivity contribution in [1.29, 1.82) is 0 Å². The lowest BCUT2D eigenvalue weighted by atomic mass is 9.90. The van der Waals surface area contributed by atoms with Crippen molar-refractivity contribution in [2.75, 3.05) is 14.2 Å². The van der Waals surface area contributed by atoms with E-state index in [0.717, 1.165) is 0 Å². The van der Waals surface area contributed by atoms with Gasteiger partial charge in [0.05, 0.1) is 35.7 Å². The van der Waals surface area contributed by atoms with E-state index in [1.54, 1.807) is 25.3 Å². The van der Waals surface area contributed by atoms with E-state index in [1.807, 2.05) is 13.8 Å². The van der Waals surface area contributed by atoms with Crippen LogP contribution in [0.2, 0.25) is 5.02 Å². The topological polar surface area (TPSA) is 90.9 Å². The zero-order valence-electron chi connectivity index (χ0n) is 16.5. The Bertz CT molecular complexity index is 1050. The normalized spacial score (nSPS) is 17.8. The molecule has 9 heteroatoms. The molecule has 0 unspecified atom stereocenters. The van der Waals surface area contributed by atoms with E-state index in [2.05, 4.69) is 9.46 Å². The van der Waals surface area contributed by atoms with Gasteiger partial charge in [-0.05, 0) is 38.1 Å². The second kappa shape index (κ2) is 7.85. The first-order valence-corrected chi connectivity index (χ1v) is 10.7. The average molecular weight is 440 g/mol. The highest BCUT2D eigenvalue weighted by Gasteiger charge is 2.36. The Morgan fingerprint density at radius 3 is 2.59 bits per heavy atom. The van der Waals surface area contributed by atoms with Crippen LogP contribution in [-0.2, 0) is 14.8 Å². The number of methoxy groups -OCH3 is 2. The summed E-state index contributed by atoms with van der Waals surface area (Å²) >= 11 is 6.00. The monoisotopic (exact) mass is 439 g/mol. The van der Waals surface area contributed by atoms with Gasteiger partial charge < -0.3 is 14.2 Å². The van der Waals surface area contributed by atoms with Crippen molar-refractivity contribution in [2.45, 2.75) is 36.8 Å². The number of halogens is 1. The molecule has 0 aromatic heterocycles. The molecule has 0 fully saturated rings. The van der Waals surface area contributed by atoms with E-state index < -0.39 is 27.6 Å². The van der Waals surface area contributed by atoms with E-state index >= 15 is 0 Å². The third-order valence-corrected chi connectivity index (χ3v) is 6.43. The molecule has 2 aromatic rings. The number of hydrogen-bond acceptors (Lipinski definition) is 6. The highest BCUT2D eigenvalue weighted by Crippen LogP contribution is 2.41. The number of ether oxygens (including phenoxy) is 3. The summed E-state index contributed by atoms with van der Waals surface area (Å²) < 4.78 is 44.7. The summed E-state index contributed by atoms with van der Waals surface area (Å²) in [5.41, 5.74) is 0.0920. The van der Waals surface area contributed by atoms with Gasteiger partial charge in [0.15, 0.2) is 0 Å². The summed E-state index contributed by atoms with van der Waals surface area (Å²) in [6, 6.07) is 8.64. The third kappa shape index (κ3) is 4.49. The van der Waals surface area contributed by atoms with Gasteiger partial charge in [0.1, 0.15) is 17.1 Å². The fourth-order valence-corrected chi connectivity index (χ4v) is 4.69. The lowest BCUT2D eigenvalue weighted by Gasteiger charge is -2.37. The molecule has 1 N–H and O–H groups in total. The molecule has 2 aromatic carbocycles. The minimum atomic E-state index is -3.95. The van der Waals surface area contributed by atoms with Crippen molar-refractivity contribution in [3.63, 3.8) is 0 Å². The smallest absolute Gasteiger partial charge is 0.339 e. The summed E-state index contributed by atoms with van der Waals surface area (Å²) in [7, 11) is -1.20. The molecule has 0 amide bonds. The Kier molecular flexibility index (Phi) is 5.80. The van der Waals surface area contributed by atoms with E-state index in [-0.39, 0.29) is 15.5 Å². The molecule has 0 radical (unpaired) electrons. The Labute approximate surface area is 175 Å². The Morgan fingerprint density at radius 2 is 1.93 bits per heavy atom. The predicted molar refractivity (Wildman–Crippen MR) is 108 cm³/mol. The van der Waals surface area contributed by atoms with Crippen LogP contribution in [-0.4, -0.2) is 34.2 Å². The van der Waals surface area contributed by atoms with Gasteiger partial charge in [0.2, 0.25) is 10.0 Å². The Balaban J connectivity index is 1.98. The minimum Gasteiger partial charge on any atom is -0.497 e. The summed E-state index contributed by atoms with van der Waals surface area (Å²) in [5.74, 6) is 0.458. The Morgan fingerprint density at radius 1 is 1.21 bits per heavy atom. The number of carbonyl (C=O) groups excluding carboxylic acids is 1. The van der Waals surface area contributed by atoms with E-state index in [0.29, 0.717) is 23.5 Å². The van der Waals surface area contributed by atoms with Crippen LogP contribution in [0.5, 0.6) is 11.5 Å². The predicted octanol–water partition coefficient (Wildman–Crippen LogP) is 3.72. The van der Waals surface area contributed by atoms with Crippen molar-refractivity contribution >= 4 is 27.6 Å². The van der Waals surface area contributed by atoms with Crippen molar-refractivity contribution in [2.24, 2.45) is 0 Å². The molecule has 0 aliphatic carbocycles. The standard InChI is InChI=1S/C20H22ClNO6S/c1-20(2)11-17(14-7-5-12(26-3)9-18(14)28-20)22-29(24,25)13-6-8-16(21)15(10-13)19(23)27-4/h5-10,17,22H,11H2,1-4H3/t17-/m0/s1. The largest absolute Gasteiger partial charge is 0.497 e. The molecule has 1 heterocycles. The van der Waals surface area contributed by atoms with E-state index in [4.69, 9.17) is 21.1 Å². The fourth-order valence-electron chi connectivity index (χ4n) is 3.26. The maximum absolute atomic E-state index is 13.0. The number of sulfonamides is 1. The number of benzene rings is 2. The molecule has 29 heavy (non-hydrogen) atoms. The summed E-state index contributed by atoms with van der Waals surface area (Å²) in [6.45, 7) is 3.77. The second-order valence-corrected chi connectivity index (χ2v) is 9.40. The molecule has 0 saturated heterocycles. The molecule has 1 aliphatic heterocycles. The summed E-state index contributed by atoms with van der Waals surface area (Å²) in [4.78, 5) is 11.8. The van der Waals surface area contributed by atoms with Gasteiger partial charge in [0, 0.05) is 18.1 Å². The van der Waals surface area contributed by atoms with Gasteiger partial charge in [-0.25, -0.2) is 17.9 Å². The van der Waals surface area contributed by atoms with Crippen molar-refractivity contribution in [3.8, 4) is 11.5 Å². The van der Waals surface area contributed by atoms with Gasteiger partial charge in [-0.3, -0.25) is 0 Å². The second-order valence-electron chi connectivity index (χ2n) is 7.28. The number of fused-ring (bicyclic) bond motifs is 1. The number of esters is 1. The maximum Gasteiger partial charge on any atom is 0.339 e. The van der Waals surface area contributed by atoms with Crippen LogP contribution in [0.15, 0.2) is 41.3 Å². The Hall–Kier alpha value is -2.29. The molecule has 1 aliphatic rings. The molecule has 0 saturated carbocycles. The molecule has 7 nitrogen and oxygen atoms in total. The lowest BCUT2D eigenvalue weighted by Crippen LogP contribution is -2.41. The van der Waals surface area contributed by atoms with Gasteiger partial charge in [-0.2, -0.15) is 0 Å². The molecule has 0 spiro atoms. The zero-order valence-corrected chi connectivity index (χ0v) is 18.1. The van der Waals surface area contributed by atoms with Crippen LogP contribution in [0.4, 0.5) is 0 Å². The van der Waals surface area contributed by atoms with Gasteiger partial charge in [-0.15, -0.1) is 0 Å². The fraction of sp³-hybridized carbons (Fsp3) is 0.350. The SMILES string of the molecule is COC(=O)c1cc(S(=O)(=O)N[C@H]2CC(C)(C)Oc3cc(OC)ccc32)ccc1Cl. The maximum atomic E-state index is 13.0. The van der Waals surface area contributed by atoms with E-state index in [9.17, 15) is 13.2 Å². The first-order valence-electron chi connectivity index (χ1n) is 8.83. The highest BCUT2D eigenvalue weighted by atomic mass is 35.5. The van der Waals surface area contributed by atoms with Crippen LogP contribution in [0.25, 0.3) is 0 Å². The minimum absolute atomic E-state index is 0.0190. The van der Waals surface area contributed by atoms with Gasteiger partial charge in [-0.1, -0.05) is 17.7 Å². The number of nitrogens with one attached hydrogen (secondary N) is 1. The van der Waals surface area contributed by atoms with Gasteiger partial charge in [0.25, 0.3) is 0 Å². The summed E-state index contributed by atoms with van der Waals surface area (Å²) in [5, 5.41) is 0.112. The quantitative estimate of drug-likeness (QED) is 0.714. The van der Waals surface area contributed by atoms with Crippen LogP contribution >= 0.6 is 11.6 Å². The van der Waals surface area contributed by atoms with Crippen molar-refractivity contribution < 1.29 is 27.4 Å². The molecule has 3 rings (SSSR count). The van der Waals surface area contributed by atoms with Crippen molar-refractivity contribution in [1.82, 2.24) is 4.72 Å². The number of carbonyl (C=O) groups is 1. The highest BCUT2D eigenvalue weighted by molar-refractivity contribution is 7.89. The van der Waals surface area contributed by atoms with Crippen LogP contribution in [0.1, 0.15) is 42.2 Å². The molecule has 156 valence electrons. The first-order chi connectivity index (χ1) is 13.6. The average Bonchev–Trinajstić information content (AvgIpc) is 2.65. The zero-order chi connectivity index (χ0) is 21.4. The first kappa shape index (κ1) is 21.4.